The van der Waals surface area contributed by atoms with Crippen LogP contribution in [0.4, 0.5) is 0 Å². The Morgan fingerprint density at radius 2 is 2.12 bits per heavy atom. The maximum absolute atomic E-state index is 6.24. The standard InChI is InChI=1S/C16H14ClN3O4/c1-21-16(6-7-22-8-16)15-20-19-14(24-15)12-13(23-9-18-12)10-4-2-3-5-11(10)17/h2-5,9H,6-8H2,1H3. The lowest BCUT2D eigenvalue weighted by atomic mass is 10.0. The van der Waals surface area contributed by atoms with E-state index in [4.69, 9.17) is 29.9 Å². The maximum atomic E-state index is 6.24. The van der Waals surface area contributed by atoms with Gasteiger partial charge in [-0.3, -0.25) is 0 Å². The number of rotatable bonds is 4. The van der Waals surface area contributed by atoms with E-state index >= 15 is 0 Å². The highest BCUT2D eigenvalue weighted by atomic mass is 35.5. The molecule has 1 saturated heterocycles. The number of hydrogen-bond acceptors (Lipinski definition) is 7. The van der Waals surface area contributed by atoms with Crippen LogP contribution < -0.4 is 0 Å². The van der Waals surface area contributed by atoms with Gasteiger partial charge in [-0.2, -0.15) is 0 Å². The monoisotopic (exact) mass is 347 g/mol. The Bertz CT molecular complexity index is 854. The summed E-state index contributed by atoms with van der Waals surface area (Å²) in [7, 11) is 1.60. The van der Waals surface area contributed by atoms with Gasteiger partial charge in [0.25, 0.3) is 11.8 Å². The van der Waals surface area contributed by atoms with Gasteiger partial charge in [-0.1, -0.05) is 23.7 Å². The first-order chi connectivity index (χ1) is 11.7. The second kappa shape index (κ2) is 6.01. The number of ether oxygens (including phenoxy) is 2. The molecule has 1 fully saturated rings. The van der Waals surface area contributed by atoms with Crippen molar-refractivity contribution in [3.8, 4) is 22.9 Å². The van der Waals surface area contributed by atoms with Crippen molar-refractivity contribution in [2.75, 3.05) is 20.3 Å². The average Bonchev–Trinajstić information content (AvgIpc) is 3.34. The summed E-state index contributed by atoms with van der Waals surface area (Å²) in [5.41, 5.74) is 0.434. The molecule has 1 aliphatic rings. The second-order valence-corrected chi connectivity index (χ2v) is 5.83. The molecular formula is C16H14ClN3O4. The molecule has 1 unspecified atom stereocenters. The molecule has 124 valence electrons. The molecular weight excluding hydrogens is 334 g/mol. The van der Waals surface area contributed by atoms with Crippen molar-refractivity contribution in [3.05, 3.63) is 41.6 Å². The van der Waals surface area contributed by atoms with Gasteiger partial charge in [0.2, 0.25) is 0 Å². The van der Waals surface area contributed by atoms with E-state index in [0.717, 1.165) is 0 Å². The molecule has 0 aliphatic carbocycles. The van der Waals surface area contributed by atoms with E-state index in [-0.39, 0.29) is 5.89 Å². The van der Waals surface area contributed by atoms with Crippen LogP contribution in [0.3, 0.4) is 0 Å². The molecule has 4 rings (SSSR count). The Labute approximate surface area is 142 Å². The SMILES string of the molecule is COC1(c2nnc(-c3ncoc3-c3ccccc3Cl)o2)CCOC1. The summed E-state index contributed by atoms with van der Waals surface area (Å²) >= 11 is 6.24. The van der Waals surface area contributed by atoms with Crippen LogP contribution in [-0.2, 0) is 15.1 Å². The number of aromatic nitrogens is 3. The van der Waals surface area contributed by atoms with Gasteiger partial charge >= 0.3 is 0 Å². The summed E-state index contributed by atoms with van der Waals surface area (Å²) in [6, 6.07) is 7.32. The third-order valence-corrected chi connectivity index (χ3v) is 4.41. The van der Waals surface area contributed by atoms with E-state index in [1.807, 2.05) is 18.2 Å². The molecule has 0 bridgehead atoms. The van der Waals surface area contributed by atoms with Crippen LogP contribution in [0.2, 0.25) is 5.02 Å². The number of methoxy groups -OCH3 is 1. The van der Waals surface area contributed by atoms with E-state index in [2.05, 4.69) is 15.2 Å². The molecule has 2 aromatic heterocycles. The minimum atomic E-state index is -0.709. The Hall–Kier alpha value is -2.22. The molecule has 7 nitrogen and oxygen atoms in total. The minimum absolute atomic E-state index is 0.247. The smallest absolute Gasteiger partial charge is 0.270 e. The van der Waals surface area contributed by atoms with Crippen LogP contribution in [0, 0.1) is 0 Å². The zero-order valence-corrected chi connectivity index (χ0v) is 13.6. The first-order valence-electron chi connectivity index (χ1n) is 7.39. The van der Waals surface area contributed by atoms with Crippen molar-refractivity contribution >= 4 is 11.6 Å². The van der Waals surface area contributed by atoms with Crippen molar-refractivity contribution in [3.63, 3.8) is 0 Å². The molecule has 0 spiro atoms. The van der Waals surface area contributed by atoms with Crippen LogP contribution in [0.25, 0.3) is 22.9 Å². The Morgan fingerprint density at radius 3 is 2.88 bits per heavy atom. The maximum Gasteiger partial charge on any atom is 0.270 e. The van der Waals surface area contributed by atoms with Gasteiger partial charge in [-0.05, 0) is 12.1 Å². The third-order valence-electron chi connectivity index (χ3n) is 4.08. The molecule has 3 aromatic rings. The highest BCUT2D eigenvalue weighted by Gasteiger charge is 2.42. The van der Waals surface area contributed by atoms with E-state index < -0.39 is 5.60 Å². The lowest BCUT2D eigenvalue weighted by molar-refractivity contribution is -0.0407. The minimum Gasteiger partial charge on any atom is -0.443 e. The fourth-order valence-electron chi connectivity index (χ4n) is 2.70. The number of nitrogens with zero attached hydrogens (tertiary/aromatic N) is 3. The Morgan fingerprint density at radius 1 is 1.25 bits per heavy atom. The first kappa shape index (κ1) is 15.3. The van der Waals surface area contributed by atoms with Gasteiger partial charge in [0.05, 0.1) is 18.2 Å². The quantitative estimate of drug-likeness (QED) is 0.715. The summed E-state index contributed by atoms with van der Waals surface area (Å²) in [6.45, 7) is 0.960. The van der Waals surface area contributed by atoms with Crippen molar-refractivity contribution in [2.24, 2.45) is 0 Å². The van der Waals surface area contributed by atoms with Crippen molar-refractivity contribution in [1.82, 2.24) is 15.2 Å². The number of hydrogen-bond donors (Lipinski definition) is 0. The zero-order valence-electron chi connectivity index (χ0n) is 12.9. The van der Waals surface area contributed by atoms with Crippen molar-refractivity contribution in [2.45, 2.75) is 12.0 Å². The lowest BCUT2D eigenvalue weighted by Gasteiger charge is -2.20. The third kappa shape index (κ3) is 2.41. The number of benzene rings is 1. The van der Waals surface area contributed by atoms with Gasteiger partial charge in [-0.25, -0.2) is 4.98 Å². The first-order valence-corrected chi connectivity index (χ1v) is 7.77. The van der Waals surface area contributed by atoms with Crippen molar-refractivity contribution < 1.29 is 18.3 Å². The van der Waals surface area contributed by atoms with E-state index in [0.29, 0.717) is 47.6 Å². The predicted molar refractivity (Wildman–Crippen MR) is 84.4 cm³/mol. The number of halogens is 1. The molecule has 1 atom stereocenters. The molecule has 3 heterocycles. The van der Waals surface area contributed by atoms with Crippen LogP contribution in [-0.4, -0.2) is 35.5 Å². The Balaban J connectivity index is 1.74. The average molecular weight is 348 g/mol. The summed E-state index contributed by atoms with van der Waals surface area (Å²) < 4.78 is 22.3. The normalized spacial score (nSPS) is 20.6. The summed E-state index contributed by atoms with van der Waals surface area (Å²) in [5.74, 6) is 1.09. The predicted octanol–water partition coefficient (Wildman–Crippen LogP) is 3.31. The molecule has 0 amide bonds. The van der Waals surface area contributed by atoms with Gasteiger partial charge in [0.15, 0.2) is 23.4 Å². The molecule has 1 aromatic carbocycles. The summed E-state index contributed by atoms with van der Waals surface area (Å²) in [6.07, 6.45) is 1.98. The molecule has 0 saturated carbocycles. The second-order valence-electron chi connectivity index (χ2n) is 5.42. The van der Waals surface area contributed by atoms with E-state index in [9.17, 15) is 0 Å². The van der Waals surface area contributed by atoms with Crippen LogP contribution in [0.1, 0.15) is 12.3 Å². The van der Waals surface area contributed by atoms with Gasteiger partial charge in [0.1, 0.15) is 0 Å². The zero-order chi connectivity index (χ0) is 16.6. The van der Waals surface area contributed by atoms with E-state index in [1.165, 1.54) is 6.39 Å². The molecule has 0 radical (unpaired) electrons. The van der Waals surface area contributed by atoms with Gasteiger partial charge < -0.3 is 18.3 Å². The number of oxazole rings is 1. The van der Waals surface area contributed by atoms with Gasteiger partial charge in [-0.15, -0.1) is 10.2 Å². The molecule has 24 heavy (non-hydrogen) atoms. The van der Waals surface area contributed by atoms with Crippen LogP contribution in [0.5, 0.6) is 0 Å². The van der Waals surface area contributed by atoms with Crippen molar-refractivity contribution in [1.29, 1.82) is 0 Å². The van der Waals surface area contributed by atoms with Crippen LogP contribution in [0.15, 0.2) is 39.5 Å². The highest BCUT2D eigenvalue weighted by molar-refractivity contribution is 6.33. The highest BCUT2D eigenvalue weighted by Crippen LogP contribution is 2.37. The fraction of sp³-hybridized carbons (Fsp3) is 0.312. The largest absolute Gasteiger partial charge is 0.443 e. The van der Waals surface area contributed by atoms with E-state index in [1.54, 1.807) is 13.2 Å². The summed E-state index contributed by atoms with van der Waals surface area (Å²) in [4.78, 5) is 4.20. The Kier molecular flexibility index (Phi) is 3.84. The molecule has 1 aliphatic heterocycles. The topological polar surface area (TPSA) is 83.4 Å². The van der Waals surface area contributed by atoms with Crippen LogP contribution >= 0.6 is 11.6 Å². The van der Waals surface area contributed by atoms with Gasteiger partial charge in [0, 0.05) is 19.1 Å². The molecule has 8 heteroatoms. The lowest BCUT2D eigenvalue weighted by Crippen LogP contribution is -2.29. The fourth-order valence-corrected chi connectivity index (χ4v) is 2.92. The summed E-state index contributed by atoms with van der Waals surface area (Å²) in [5, 5.41) is 8.76. The molecule has 0 N–H and O–H groups in total.